The number of halogens is 2. The van der Waals surface area contributed by atoms with Crippen molar-refractivity contribution in [2.45, 2.75) is 6.92 Å². The Balaban J connectivity index is 3.22. The highest BCUT2D eigenvalue weighted by molar-refractivity contribution is 6.35. The minimum absolute atomic E-state index is 0.429. The van der Waals surface area contributed by atoms with Gasteiger partial charge in [0.25, 0.3) is 0 Å². The van der Waals surface area contributed by atoms with E-state index in [4.69, 9.17) is 23.2 Å². The van der Waals surface area contributed by atoms with Gasteiger partial charge in [0.05, 0.1) is 5.88 Å². The van der Waals surface area contributed by atoms with Gasteiger partial charge in [-0.15, -0.1) is 11.6 Å². The van der Waals surface area contributed by atoms with Gasteiger partial charge in [-0.3, -0.25) is 0 Å². The summed E-state index contributed by atoms with van der Waals surface area (Å²) in [5, 5.41) is 0.705. The third-order valence-corrected chi connectivity index (χ3v) is 1.22. The Bertz CT molecular complexity index is 56.6. The van der Waals surface area contributed by atoms with E-state index in [9.17, 15) is 0 Å². The van der Waals surface area contributed by atoms with Crippen LogP contribution in [0, 0.1) is 0 Å². The van der Waals surface area contributed by atoms with E-state index < -0.39 is 0 Å². The van der Waals surface area contributed by atoms with E-state index in [1.54, 1.807) is 6.08 Å². The molecule has 0 fully saturated rings. The van der Waals surface area contributed by atoms with Crippen molar-refractivity contribution < 1.29 is 0 Å². The molecule has 0 aromatic rings. The quantitative estimate of drug-likeness (QED) is 0.472. The summed E-state index contributed by atoms with van der Waals surface area (Å²) < 4.78 is 0. The first kappa shape index (κ1) is 6.32. The summed E-state index contributed by atoms with van der Waals surface area (Å²) in [6, 6.07) is 0. The molecule has 0 N–H and O–H groups in total. The van der Waals surface area contributed by atoms with Crippen molar-refractivity contribution in [3.8, 4) is 0 Å². The Morgan fingerprint density at radius 2 is 2.33 bits per heavy atom. The van der Waals surface area contributed by atoms with Crippen LogP contribution in [0.1, 0.15) is 6.92 Å². The smallest absolute Gasteiger partial charge is 0.0578 e. The molecule has 0 unspecified atom stereocenters. The molecule has 0 saturated carbocycles. The van der Waals surface area contributed by atoms with Crippen LogP contribution in [-0.2, 0) is 0 Å². The molecule has 0 aliphatic heterocycles. The third-order valence-electron chi connectivity index (χ3n) is 0.441. The molecule has 0 nitrogen and oxygen atoms in total. The van der Waals surface area contributed by atoms with Crippen molar-refractivity contribution in [3.63, 3.8) is 0 Å². The summed E-state index contributed by atoms with van der Waals surface area (Å²) in [5.74, 6) is 0.429. The molecule has 0 aromatic heterocycles. The molecule has 0 saturated heterocycles. The summed E-state index contributed by atoms with van der Waals surface area (Å²) in [7, 11) is 0. The molecule has 2 heteroatoms. The van der Waals surface area contributed by atoms with Gasteiger partial charge < -0.3 is 0 Å². The standard InChI is InChI=1S/C4H6Cl2/c1-2-4(6)3-5/h2H,3H2,1H3/b4-2+. The van der Waals surface area contributed by atoms with E-state index >= 15 is 0 Å². The van der Waals surface area contributed by atoms with E-state index in [0.29, 0.717) is 10.9 Å². The molecule has 0 amide bonds. The van der Waals surface area contributed by atoms with Crippen molar-refractivity contribution in [1.82, 2.24) is 0 Å². The van der Waals surface area contributed by atoms with Gasteiger partial charge in [0.15, 0.2) is 0 Å². The first-order valence-electron chi connectivity index (χ1n) is 1.68. The van der Waals surface area contributed by atoms with Crippen LogP contribution in [0.4, 0.5) is 0 Å². The highest BCUT2D eigenvalue weighted by atomic mass is 35.5. The predicted molar refractivity (Wildman–Crippen MR) is 30.3 cm³/mol. The maximum Gasteiger partial charge on any atom is 0.0578 e. The monoisotopic (exact) mass is 124 g/mol. The Hall–Kier alpha value is 0.320. The van der Waals surface area contributed by atoms with Crippen molar-refractivity contribution in [2.24, 2.45) is 0 Å². The lowest BCUT2D eigenvalue weighted by Crippen LogP contribution is -1.65. The van der Waals surface area contributed by atoms with Crippen molar-refractivity contribution in [2.75, 3.05) is 5.88 Å². The molecule has 0 atom stereocenters. The zero-order valence-electron chi connectivity index (χ0n) is 3.54. The number of alkyl halides is 1. The fraction of sp³-hybridized carbons (Fsp3) is 0.500. The van der Waals surface area contributed by atoms with Crippen LogP contribution in [0.5, 0.6) is 0 Å². The van der Waals surface area contributed by atoms with Crippen LogP contribution >= 0.6 is 23.2 Å². The van der Waals surface area contributed by atoms with Gasteiger partial charge in [-0.05, 0) is 6.92 Å². The lowest BCUT2D eigenvalue weighted by molar-refractivity contribution is 1.59. The van der Waals surface area contributed by atoms with E-state index in [1.807, 2.05) is 6.92 Å². The Kier molecular flexibility index (Phi) is 3.70. The molecule has 0 radical (unpaired) electrons. The minimum Gasteiger partial charge on any atom is -0.121 e. The second-order valence-electron chi connectivity index (χ2n) is 0.869. The molecule has 0 aliphatic carbocycles. The van der Waals surface area contributed by atoms with E-state index in [1.165, 1.54) is 0 Å². The molecular formula is C4H6Cl2. The SMILES string of the molecule is C/C=C(/Cl)CCl. The molecule has 6 heavy (non-hydrogen) atoms. The number of hydrogen-bond acceptors (Lipinski definition) is 0. The van der Waals surface area contributed by atoms with Crippen molar-refractivity contribution >= 4 is 23.2 Å². The normalized spacial score (nSPS) is 12.2. The Morgan fingerprint density at radius 3 is 2.33 bits per heavy atom. The van der Waals surface area contributed by atoms with Gasteiger partial charge in [-0.2, -0.15) is 0 Å². The van der Waals surface area contributed by atoms with Gasteiger partial charge in [0.2, 0.25) is 0 Å². The number of rotatable bonds is 1. The van der Waals surface area contributed by atoms with Crippen LogP contribution in [-0.4, -0.2) is 5.88 Å². The Labute approximate surface area is 47.8 Å². The average Bonchev–Trinajstić information content (AvgIpc) is 1.65. The predicted octanol–water partition coefficient (Wildman–Crippen LogP) is 2.37. The first-order valence-corrected chi connectivity index (χ1v) is 2.59. The van der Waals surface area contributed by atoms with Crippen molar-refractivity contribution in [1.29, 1.82) is 0 Å². The maximum absolute atomic E-state index is 5.38. The van der Waals surface area contributed by atoms with Crippen LogP contribution < -0.4 is 0 Å². The molecule has 36 valence electrons. The van der Waals surface area contributed by atoms with Gasteiger partial charge in [0.1, 0.15) is 0 Å². The lowest BCUT2D eigenvalue weighted by Gasteiger charge is -1.79. The average molecular weight is 125 g/mol. The molecule has 0 aromatic carbocycles. The zero-order chi connectivity index (χ0) is 4.99. The maximum atomic E-state index is 5.38. The van der Waals surface area contributed by atoms with Gasteiger partial charge in [-0.25, -0.2) is 0 Å². The molecule has 0 spiro atoms. The highest BCUT2D eigenvalue weighted by Gasteiger charge is 1.78. The van der Waals surface area contributed by atoms with Crippen LogP contribution in [0.25, 0.3) is 0 Å². The highest BCUT2D eigenvalue weighted by Crippen LogP contribution is 2.00. The molecule has 0 heterocycles. The second kappa shape index (κ2) is 3.51. The minimum atomic E-state index is 0.429. The van der Waals surface area contributed by atoms with E-state index in [0.717, 1.165) is 0 Å². The largest absolute Gasteiger partial charge is 0.121 e. The Morgan fingerprint density at radius 1 is 1.83 bits per heavy atom. The summed E-state index contributed by atoms with van der Waals surface area (Å²) >= 11 is 10.6. The fourth-order valence-electron chi connectivity index (χ4n) is 0.0772. The molecule has 0 aliphatic rings. The number of hydrogen-bond donors (Lipinski definition) is 0. The second-order valence-corrected chi connectivity index (χ2v) is 1.62. The summed E-state index contributed by atoms with van der Waals surface area (Å²) in [6.07, 6.45) is 1.77. The zero-order valence-corrected chi connectivity index (χ0v) is 5.05. The van der Waals surface area contributed by atoms with Gasteiger partial charge >= 0.3 is 0 Å². The van der Waals surface area contributed by atoms with E-state index in [2.05, 4.69) is 0 Å². The van der Waals surface area contributed by atoms with Crippen molar-refractivity contribution in [3.05, 3.63) is 11.1 Å². The fourth-order valence-corrected chi connectivity index (χ4v) is 0.231. The molecular weight excluding hydrogens is 119 g/mol. The number of allylic oxidation sites excluding steroid dienone is 2. The topological polar surface area (TPSA) is 0 Å². The van der Waals surface area contributed by atoms with E-state index in [-0.39, 0.29) is 0 Å². The third kappa shape index (κ3) is 2.55. The van der Waals surface area contributed by atoms with Crippen LogP contribution in [0.3, 0.4) is 0 Å². The van der Waals surface area contributed by atoms with Gasteiger partial charge in [0, 0.05) is 5.03 Å². The summed E-state index contributed by atoms with van der Waals surface area (Å²) in [6.45, 7) is 1.85. The van der Waals surface area contributed by atoms with Crippen LogP contribution in [0.2, 0.25) is 0 Å². The van der Waals surface area contributed by atoms with Crippen LogP contribution in [0.15, 0.2) is 11.1 Å². The van der Waals surface area contributed by atoms with Gasteiger partial charge in [-0.1, -0.05) is 17.7 Å². The first-order chi connectivity index (χ1) is 2.81. The molecule has 0 rings (SSSR count). The summed E-state index contributed by atoms with van der Waals surface area (Å²) in [4.78, 5) is 0. The summed E-state index contributed by atoms with van der Waals surface area (Å²) in [5.41, 5.74) is 0. The lowest BCUT2D eigenvalue weighted by atomic mass is 10.6. The molecule has 0 bridgehead atoms.